The molecule has 1 unspecified atom stereocenters. The molecule has 0 aromatic carbocycles. The molecule has 2 saturated heterocycles. The van der Waals surface area contributed by atoms with Gasteiger partial charge in [0.2, 0.25) is 5.88 Å². The van der Waals surface area contributed by atoms with Gasteiger partial charge in [-0.1, -0.05) is 0 Å². The van der Waals surface area contributed by atoms with Crippen LogP contribution in [0.25, 0.3) is 0 Å². The molecule has 2 aliphatic heterocycles. The summed E-state index contributed by atoms with van der Waals surface area (Å²) in [7, 11) is 1.68. The summed E-state index contributed by atoms with van der Waals surface area (Å²) in [6.07, 6.45) is 2.61. The van der Waals surface area contributed by atoms with Gasteiger partial charge in [-0.25, -0.2) is 4.98 Å². The van der Waals surface area contributed by atoms with Crippen molar-refractivity contribution in [2.24, 2.45) is 5.41 Å². The highest BCUT2D eigenvalue weighted by Crippen LogP contribution is 2.38. The minimum Gasteiger partial charge on any atom is -0.481 e. The van der Waals surface area contributed by atoms with Crippen LogP contribution in [0.3, 0.4) is 0 Å². The van der Waals surface area contributed by atoms with Crippen LogP contribution in [0.5, 0.6) is 5.88 Å². The molecular weight excluding hydrogens is 226 g/mol. The summed E-state index contributed by atoms with van der Waals surface area (Å²) >= 11 is 0. The number of hydrogen-bond donors (Lipinski definition) is 1. The molecule has 1 atom stereocenters. The lowest BCUT2D eigenvalue weighted by atomic mass is 9.86. The van der Waals surface area contributed by atoms with Gasteiger partial charge in [-0.05, 0) is 32.4 Å². The Bertz CT molecular complexity index is 441. The monoisotopic (exact) mass is 247 g/mol. The van der Waals surface area contributed by atoms with Crippen molar-refractivity contribution < 1.29 is 4.74 Å². The molecule has 98 valence electrons. The number of aromatic nitrogens is 1. The third kappa shape index (κ3) is 2.05. The summed E-state index contributed by atoms with van der Waals surface area (Å²) in [4.78, 5) is 6.83. The fraction of sp³-hybridized carbons (Fsp3) is 0.643. The topological polar surface area (TPSA) is 37.4 Å². The highest BCUT2D eigenvalue weighted by Gasteiger charge is 2.40. The molecule has 4 heteroatoms. The van der Waals surface area contributed by atoms with Crippen molar-refractivity contribution >= 4 is 5.69 Å². The maximum atomic E-state index is 5.26. The van der Waals surface area contributed by atoms with Gasteiger partial charge in [-0.3, -0.25) is 0 Å². The molecule has 1 spiro atoms. The summed E-state index contributed by atoms with van der Waals surface area (Å²) in [6.45, 7) is 6.67. The summed E-state index contributed by atoms with van der Waals surface area (Å²) in [6, 6.07) is 4.21. The SMILES string of the molecule is COc1cc(N2CCC3(CCNC3)C2)cc(C)n1. The third-order valence-corrected chi connectivity index (χ3v) is 4.26. The molecule has 3 heterocycles. The Morgan fingerprint density at radius 1 is 1.39 bits per heavy atom. The zero-order valence-electron chi connectivity index (χ0n) is 11.2. The zero-order valence-corrected chi connectivity index (χ0v) is 11.2. The average Bonchev–Trinajstić information content (AvgIpc) is 3.00. The molecule has 1 aromatic rings. The van der Waals surface area contributed by atoms with Gasteiger partial charge >= 0.3 is 0 Å². The Hall–Kier alpha value is -1.29. The van der Waals surface area contributed by atoms with Gasteiger partial charge in [0.15, 0.2) is 0 Å². The van der Waals surface area contributed by atoms with Crippen molar-refractivity contribution in [3.05, 3.63) is 17.8 Å². The Kier molecular flexibility index (Phi) is 2.90. The van der Waals surface area contributed by atoms with Crippen LogP contribution in [0.2, 0.25) is 0 Å². The van der Waals surface area contributed by atoms with Crippen LogP contribution < -0.4 is 15.0 Å². The average molecular weight is 247 g/mol. The molecule has 1 aromatic heterocycles. The van der Waals surface area contributed by atoms with E-state index in [0.717, 1.165) is 24.7 Å². The van der Waals surface area contributed by atoms with Crippen molar-refractivity contribution in [3.8, 4) is 5.88 Å². The molecule has 0 radical (unpaired) electrons. The van der Waals surface area contributed by atoms with Gasteiger partial charge in [-0.2, -0.15) is 0 Å². The van der Waals surface area contributed by atoms with Gasteiger partial charge in [0.05, 0.1) is 7.11 Å². The first-order valence-electron chi connectivity index (χ1n) is 6.69. The first kappa shape index (κ1) is 11.8. The lowest BCUT2D eigenvalue weighted by Crippen LogP contribution is -2.29. The van der Waals surface area contributed by atoms with Gasteiger partial charge in [0, 0.05) is 42.5 Å². The summed E-state index contributed by atoms with van der Waals surface area (Å²) in [5.41, 5.74) is 2.78. The van der Waals surface area contributed by atoms with Crippen molar-refractivity contribution in [1.82, 2.24) is 10.3 Å². The van der Waals surface area contributed by atoms with E-state index in [1.165, 1.54) is 31.6 Å². The molecule has 0 saturated carbocycles. The molecule has 2 fully saturated rings. The number of rotatable bonds is 2. The van der Waals surface area contributed by atoms with Crippen LogP contribution in [0.1, 0.15) is 18.5 Å². The Morgan fingerprint density at radius 2 is 2.28 bits per heavy atom. The number of nitrogens with one attached hydrogen (secondary N) is 1. The standard InChI is InChI=1S/C14H21N3O/c1-11-7-12(8-13(16-11)18-2)17-6-4-14(10-17)3-5-15-9-14/h7-8,15H,3-6,9-10H2,1-2H3. The number of hydrogen-bond acceptors (Lipinski definition) is 4. The third-order valence-electron chi connectivity index (χ3n) is 4.26. The van der Waals surface area contributed by atoms with Gasteiger partial charge < -0.3 is 15.0 Å². The Morgan fingerprint density at radius 3 is 3.00 bits per heavy atom. The first-order valence-corrected chi connectivity index (χ1v) is 6.69. The lowest BCUT2D eigenvalue weighted by Gasteiger charge is -2.24. The van der Waals surface area contributed by atoms with E-state index in [9.17, 15) is 0 Å². The smallest absolute Gasteiger partial charge is 0.215 e. The molecule has 0 amide bonds. The Balaban J connectivity index is 1.81. The van der Waals surface area contributed by atoms with Crippen molar-refractivity contribution in [2.45, 2.75) is 19.8 Å². The van der Waals surface area contributed by atoms with E-state index < -0.39 is 0 Å². The maximum absolute atomic E-state index is 5.26. The largest absolute Gasteiger partial charge is 0.481 e. The van der Waals surface area contributed by atoms with Crippen LogP contribution in [0, 0.1) is 12.3 Å². The van der Waals surface area contributed by atoms with E-state index >= 15 is 0 Å². The van der Waals surface area contributed by atoms with E-state index in [4.69, 9.17) is 4.74 Å². The molecule has 0 aliphatic carbocycles. The highest BCUT2D eigenvalue weighted by molar-refractivity contribution is 5.51. The molecular formula is C14H21N3O. The number of anilines is 1. The normalized spacial score (nSPS) is 27.1. The second kappa shape index (κ2) is 4.43. The molecule has 18 heavy (non-hydrogen) atoms. The van der Waals surface area contributed by atoms with Crippen molar-refractivity contribution in [1.29, 1.82) is 0 Å². The second-order valence-corrected chi connectivity index (χ2v) is 5.61. The van der Waals surface area contributed by atoms with Gasteiger partial charge in [-0.15, -0.1) is 0 Å². The zero-order chi connectivity index (χ0) is 12.6. The summed E-state index contributed by atoms with van der Waals surface area (Å²) in [5, 5.41) is 3.50. The van der Waals surface area contributed by atoms with E-state index in [1.807, 2.05) is 6.92 Å². The van der Waals surface area contributed by atoms with E-state index in [0.29, 0.717) is 5.41 Å². The van der Waals surface area contributed by atoms with Crippen LogP contribution in [-0.2, 0) is 0 Å². The second-order valence-electron chi connectivity index (χ2n) is 5.61. The van der Waals surface area contributed by atoms with Crippen LogP contribution >= 0.6 is 0 Å². The fourth-order valence-electron chi connectivity index (χ4n) is 3.21. The van der Waals surface area contributed by atoms with Crippen molar-refractivity contribution in [3.63, 3.8) is 0 Å². The lowest BCUT2D eigenvalue weighted by molar-refractivity contribution is 0.369. The molecule has 0 bridgehead atoms. The fourth-order valence-corrected chi connectivity index (χ4v) is 3.21. The number of aryl methyl sites for hydroxylation is 1. The molecule has 2 aliphatic rings. The van der Waals surface area contributed by atoms with Crippen LogP contribution in [0.15, 0.2) is 12.1 Å². The van der Waals surface area contributed by atoms with Crippen LogP contribution in [-0.4, -0.2) is 38.3 Å². The maximum Gasteiger partial charge on any atom is 0.215 e. The minimum absolute atomic E-state index is 0.504. The predicted octanol–water partition coefficient (Wildman–Crippen LogP) is 1.59. The number of nitrogens with zero attached hydrogens (tertiary/aromatic N) is 2. The predicted molar refractivity (Wildman–Crippen MR) is 72.3 cm³/mol. The number of ether oxygens (including phenoxy) is 1. The quantitative estimate of drug-likeness (QED) is 0.861. The molecule has 4 nitrogen and oxygen atoms in total. The minimum atomic E-state index is 0.504. The van der Waals surface area contributed by atoms with E-state index in [-0.39, 0.29) is 0 Å². The van der Waals surface area contributed by atoms with Crippen LogP contribution in [0.4, 0.5) is 5.69 Å². The molecule has 1 N–H and O–H groups in total. The molecule has 3 rings (SSSR count). The van der Waals surface area contributed by atoms with Crippen molar-refractivity contribution in [2.75, 3.05) is 38.2 Å². The summed E-state index contributed by atoms with van der Waals surface area (Å²) in [5.74, 6) is 0.718. The van der Waals surface area contributed by atoms with Gasteiger partial charge in [0.25, 0.3) is 0 Å². The number of methoxy groups -OCH3 is 1. The summed E-state index contributed by atoms with van der Waals surface area (Å²) < 4.78 is 5.26. The number of pyridine rings is 1. The first-order chi connectivity index (χ1) is 8.71. The van der Waals surface area contributed by atoms with E-state index in [2.05, 4.69) is 27.3 Å². The highest BCUT2D eigenvalue weighted by atomic mass is 16.5. The van der Waals surface area contributed by atoms with Gasteiger partial charge in [0.1, 0.15) is 0 Å². The van der Waals surface area contributed by atoms with E-state index in [1.54, 1.807) is 7.11 Å². The Labute approximate surface area is 108 Å².